The number of piperidine rings is 1. The molecule has 1 fully saturated rings. The lowest BCUT2D eigenvalue weighted by molar-refractivity contribution is -0.123. The highest BCUT2D eigenvalue weighted by Crippen LogP contribution is 2.18. The zero-order valence-corrected chi connectivity index (χ0v) is 20.2. The summed E-state index contributed by atoms with van der Waals surface area (Å²) in [6.45, 7) is 8.35. The Balaban J connectivity index is 0.000000655. The van der Waals surface area contributed by atoms with E-state index in [1.54, 1.807) is 6.20 Å². The highest BCUT2D eigenvalue weighted by atomic mass is 16.3. The summed E-state index contributed by atoms with van der Waals surface area (Å²) in [5.74, 6) is 0.619. The fraction of sp³-hybridized carbons (Fsp3) is 0.458. The van der Waals surface area contributed by atoms with Crippen LogP contribution in [0.2, 0.25) is 0 Å². The predicted octanol–water partition coefficient (Wildman–Crippen LogP) is 1.83. The van der Waals surface area contributed by atoms with Gasteiger partial charge >= 0.3 is 0 Å². The van der Waals surface area contributed by atoms with Gasteiger partial charge in [-0.2, -0.15) is 5.10 Å². The van der Waals surface area contributed by atoms with Crippen LogP contribution in [0.3, 0.4) is 0 Å². The average Bonchev–Trinajstić information content (AvgIpc) is 3.47. The number of hydrogen-bond donors (Lipinski definition) is 3. The van der Waals surface area contributed by atoms with Crippen molar-refractivity contribution in [2.24, 2.45) is 5.92 Å². The Kier molecular flexibility index (Phi) is 11.4. The summed E-state index contributed by atoms with van der Waals surface area (Å²) in [5, 5.41) is 21.5. The molecule has 190 valence electrons. The van der Waals surface area contributed by atoms with Gasteiger partial charge in [0.15, 0.2) is 0 Å². The second kappa shape index (κ2) is 14.5. The number of amides is 1. The Morgan fingerprint density at radius 1 is 1.17 bits per heavy atom. The number of nitrogens with one attached hydrogen (secondary N) is 1. The number of likely N-dealkylation sites (tertiary alicyclic amines) is 1. The number of carbonyl (C=O) groups excluding carboxylic acids is 1. The molecule has 4 heterocycles. The minimum absolute atomic E-state index is 0.0702. The smallest absolute Gasteiger partial charge is 0.290 e. The van der Waals surface area contributed by atoms with E-state index in [0.29, 0.717) is 12.3 Å². The van der Waals surface area contributed by atoms with Crippen LogP contribution in [0.5, 0.6) is 0 Å². The fourth-order valence-corrected chi connectivity index (χ4v) is 4.06. The maximum Gasteiger partial charge on any atom is 0.290 e. The van der Waals surface area contributed by atoms with Gasteiger partial charge in [0.25, 0.3) is 12.9 Å². The van der Waals surface area contributed by atoms with Gasteiger partial charge in [0, 0.05) is 38.2 Å². The molecule has 0 aromatic carbocycles. The quantitative estimate of drug-likeness (QED) is 0.430. The second-order valence-corrected chi connectivity index (χ2v) is 8.21. The number of nitrogens with zero attached hydrogens (tertiary/aromatic N) is 5. The third-order valence-corrected chi connectivity index (χ3v) is 5.85. The van der Waals surface area contributed by atoms with Crippen LogP contribution in [0, 0.1) is 12.8 Å². The number of rotatable bonds is 7. The van der Waals surface area contributed by atoms with Gasteiger partial charge in [-0.25, -0.2) is 4.98 Å². The molecule has 1 aliphatic rings. The Bertz CT molecular complexity index is 1070. The number of aromatic nitrogens is 4. The molecule has 11 nitrogen and oxygen atoms in total. The van der Waals surface area contributed by atoms with E-state index in [2.05, 4.69) is 33.3 Å². The summed E-state index contributed by atoms with van der Waals surface area (Å²) in [6, 6.07) is 6.14. The van der Waals surface area contributed by atoms with Crippen LogP contribution in [0.25, 0.3) is 5.65 Å². The highest BCUT2D eigenvalue weighted by Gasteiger charge is 2.20. The van der Waals surface area contributed by atoms with Crippen LogP contribution in [-0.4, -0.2) is 72.8 Å². The third kappa shape index (κ3) is 8.53. The summed E-state index contributed by atoms with van der Waals surface area (Å²) < 4.78 is 3.98. The highest BCUT2D eigenvalue weighted by molar-refractivity contribution is 5.78. The van der Waals surface area contributed by atoms with Gasteiger partial charge in [-0.15, -0.1) is 0 Å². The van der Waals surface area contributed by atoms with Crippen molar-refractivity contribution in [3.8, 4) is 0 Å². The van der Waals surface area contributed by atoms with Gasteiger partial charge in [-0.1, -0.05) is 6.07 Å². The first-order valence-electron chi connectivity index (χ1n) is 11.5. The molecule has 0 radical (unpaired) electrons. The van der Waals surface area contributed by atoms with Gasteiger partial charge < -0.3 is 19.9 Å². The number of fused-ring (bicyclic) bond motifs is 1. The standard InChI is InChI=1S/C22H30N6O.2CH2O2/c1-3-27-12-8-19(25-27)16-26-10-6-18(7-11-26)14-23-21(29)13-20-15-24-22-17(2)5-4-9-28(20)22;2*2-1-3/h4-5,8-9,12,15,18H,3,6-7,10-11,13-14,16H2,1-2H3,(H,23,29);2*1H,(H,2,3). The number of hydrogen-bond acceptors (Lipinski definition) is 6. The van der Waals surface area contributed by atoms with Crippen molar-refractivity contribution < 1.29 is 24.6 Å². The SMILES string of the molecule is CCn1ccc(CN2CCC(CNC(=O)Cc3cnc4c(C)cccn34)CC2)n1.O=CO.O=CO. The zero-order valence-electron chi connectivity index (χ0n) is 20.2. The number of carbonyl (C=O) groups is 3. The van der Waals surface area contributed by atoms with Crippen LogP contribution in [0.15, 0.2) is 36.8 Å². The predicted molar refractivity (Wildman–Crippen MR) is 130 cm³/mol. The van der Waals surface area contributed by atoms with E-state index in [1.807, 2.05) is 40.5 Å². The Labute approximate surface area is 204 Å². The van der Waals surface area contributed by atoms with Crippen LogP contribution in [0.4, 0.5) is 0 Å². The van der Waals surface area contributed by atoms with E-state index in [9.17, 15) is 4.79 Å². The van der Waals surface area contributed by atoms with Crippen LogP contribution >= 0.6 is 0 Å². The summed E-state index contributed by atoms with van der Waals surface area (Å²) in [6.07, 6.45) is 8.41. The second-order valence-electron chi connectivity index (χ2n) is 8.21. The van der Waals surface area contributed by atoms with Crippen LogP contribution in [0.1, 0.15) is 36.7 Å². The first-order valence-corrected chi connectivity index (χ1v) is 11.5. The molecule has 1 aliphatic heterocycles. The first-order chi connectivity index (χ1) is 16.9. The Morgan fingerprint density at radius 2 is 1.86 bits per heavy atom. The van der Waals surface area contributed by atoms with Crippen molar-refractivity contribution in [2.45, 2.75) is 46.2 Å². The van der Waals surface area contributed by atoms with Gasteiger partial charge in [0.2, 0.25) is 5.91 Å². The molecule has 0 spiro atoms. The topological polar surface area (TPSA) is 142 Å². The maximum absolute atomic E-state index is 12.4. The molecule has 3 N–H and O–H groups in total. The van der Waals surface area contributed by atoms with Gasteiger partial charge in [0.1, 0.15) is 5.65 Å². The van der Waals surface area contributed by atoms with Crippen molar-refractivity contribution in [1.29, 1.82) is 0 Å². The molecule has 0 aliphatic carbocycles. The minimum Gasteiger partial charge on any atom is -0.483 e. The molecule has 0 bridgehead atoms. The normalized spacial score (nSPS) is 13.8. The molecule has 0 saturated carbocycles. The number of carboxylic acid groups (broad SMARTS) is 2. The van der Waals surface area contributed by atoms with Crippen molar-refractivity contribution in [3.63, 3.8) is 0 Å². The third-order valence-electron chi connectivity index (χ3n) is 5.85. The van der Waals surface area contributed by atoms with E-state index in [1.165, 1.54) is 0 Å². The molecular weight excluding hydrogens is 452 g/mol. The van der Waals surface area contributed by atoms with Crippen LogP contribution < -0.4 is 5.32 Å². The molecular formula is C24H34N6O5. The summed E-state index contributed by atoms with van der Waals surface area (Å²) in [5.41, 5.74) is 4.11. The van der Waals surface area contributed by atoms with Crippen molar-refractivity contribution in [1.82, 2.24) is 29.4 Å². The summed E-state index contributed by atoms with van der Waals surface area (Å²) in [4.78, 5) is 36.1. The summed E-state index contributed by atoms with van der Waals surface area (Å²) >= 11 is 0. The van der Waals surface area contributed by atoms with E-state index >= 15 is 0 Å². The average molecular weight is 487 g/mol. The molecule has 0 unspecified atom stereocenters. The molecule has 3 aromatic heterocycles. The molecule has 3 aromatic rings. The van der Waals surface area contributed by atoms with Crippen LogP contribution in [-0.2, 0) is 33.9 Å². The van der Waals surface area contributed by atoms with E-state index in [0.717, 1.165) is 68.2 Å². The number of imidazole rings is 1. The molecule has 1 saturated heterocycles. The van der Waals surface area contributed by atoms with Gasteiger partial charge in [0.05, 0.1) is 17.8 Å². The van der Waals surface area contributed by atoms with Crippen molar-refractivity contribution in [2.75, 3.05) is 19.6 Å². The first kappa shape index (κ1) is 27.5. The lowest BCUT2D eigenvalue weighted by atomic mass is 9.96. The summed E-state index contributed by atoms with van der Waals surface area (Å²) in [7, 11) is 0. The Hall–Kier alpha value is -3.73. The molecule has 0 atom stereocenters. The van der Waals surface area contributed by atoms with E-state index in [4.69, 9.17) is 19.8 Å². The Morgan fingerprint density at radius 3 is 2.49 bits per heavy atom. The van der Waals surface area contributed by atoms with Crippen molar-refractivity contribution >= 4 is 24.5 Å². The lowest BCUT2D eigenvalue weighted by Crippen LogP contribution is -2.38. The van der Waals surface area contributed by atoms with E-state index < -0.39 is 0 Å². The lowest BCUT2D eigenvalue weighted by Gasteiger charge is -2.31. The maximum atomic E-state index is 12.4. The molecule has 4 rings (SSSR count). The zero-order chi connectivity index (χ0) is 25.6. The monoisotopic (exact) mass is 486 g/mol. The molecule has 1 amide bonds. The van der Waals surface area contributed by atoms with Gasteiger partial charge in [-0.05, 0) is 63.4 Å². The largest absolute Gasteiger partial charge is 0.483 e. The number of pyridine rings is 1. The molecule has 11 heteroatoms. The minimum atomic E-state index is -0.250. The van der Waals surface area contributed by atoms with E-state index in [-0.39, 0.29) is 18.9 Å². The fourth-order valence-electron chi connectivity index (χ4n) is 4.06. The molecule has 35 heavy (non-hydrogen) atoms. The number of aryl methyl sites for hydroxylation is 2. The van der Waals surface area contributed by atoms with Gasteiger partial charge in [-0.3, -0.25) is 24.0 Å². The van der Waals surface area contributed by atoms with Crippen molar-refractivity contribution in [3.05, 3.63) is 53.7 Å².